The van der Waals surface area contributed by atoms with E-state index >= 15 is 0 Å². The minimum Gasteiger partial charge on any atom is -0.493 e. The van der Waals surface area contributed by atoms with Gasteiger partial charge in [0.25, 0.3) is 0 Å². The van der Waals surface area contributed by atoms with E-state index in [1.165, 1.54) is 12.3 Å². The summed E-state index contributed by atoms with van der Waals surface area (Å²) in [6, 6.07) is 0. The molecule has 0 aromatic rings. The van der Waals surface area contributed by atoms with Crippen LogP contribution in [-0.4, -0.2) is 40.2 Å². The molecule has 10 heavy (non-hydrogen) atoms. The Hall–Kier alpha value is -0.580. The van der Waals surface area contributed by atoms with E-state index in [4.69, 9.17) is 20.1 Å². The van der Waals surface area contributed by atoms with Gasteiger partial charge in [0, 0.05) is 0 Å². The number of aliphatic hydroxyl groups excluding tert-OH is 3. The molecule has 58 valence electrons. The van der Waals surface area contributed by atoms with Crippen molar-refractivity contribution in [3.63, 3.8) is 0 Å². The van der Waals surface area contributed by atoms with Crippen molar-refractivity contribution in [2.45, 2.75) is 18.3 Å². The highest BCUT2D eigenvalue weighted by atomic mass is 16.5. The molecule has 0 radical (unpaired) electrons. The van der Waals surface area contributed by atoms with Gasteiger partial charge in [0.2, 0.25) is 0 Å². The smallest absolute Gasteiger partial charge is 0.149 e. The maximum Gasteiger partial charge on any atom is 0.149 e. The standard InChI is InChI=1S/C6H10O4/c7-3-5-6(9)4(8)1-2-10-5/h1-2,4-9H,3H2/t4-,5-,6+/m0/s1. The highest BCUT2D eigenvalue weighted by Crippen LogP contribution is 2.10. The fourth-order valence-electron chi connectivity index (χ4n) is 0.792. The van der Waals surface area contributed by atoms with E-state index in [0.717, 1.165) is 0 Å². The predicted molar refractivity (Wildman–Crippen MR) is 33.1 cm³/mol. The van der Waals surface area contributed by atoms with Crippen molar-refractivity contribution >= 4 is 0 Å². The lowest BCUT2D eigenvalue weighted by atomic mass is 10.1. The Morgan fingerprint density at radius 1 is 1.40 bits per heavy atom. The summed E-state index contributed by atoms with van der Waals surface area (Å²) in [6.45, 7) is -0.289. The first-order chi connectivity index (χ1) is 4.75. The molecule has 0 unspecified atom stereocenters. The summed E-state index contributed by atoms with van der Waals surface area (Å²) in [4.78, 5) is 0. The number of hydrogen-bond acceptors (Lipinski definition) is 4. The second-order valence-corrected chi connectivity index (χ2v) is 2.17. The van der Waals surface area contributed by atoms with E-state index in [1.807, 2.05) is 0 Å². The highest BCUT2D eigenvalue weighted by molar-refractivity contribution is 4.96. The molecule has 0 aromatic heterocycles. The Morgan fingerprint density at radius 3 is 2.60 bits per heavy atom. The lowest BCUT2D eigenvalue weighted by molar-refractivity contribution is -0.0808. The van der Waals surface area contributed by atoms with Crippen LogP contribution in [0.2, 0.25) is 0 Å². The van der Waals surface area contributed by atoms with Crippen molar-refractivity contribution in [3.8, 4) is 0 Å². The molecule has 0 amide bonds. The Labute approximate surface area is 58.4 Å². The minimum absolute atomic E-state index is 0.289. The van der Waals surface area contributed by atoms with Crippen LogP contribution < -0.4 is 0 Å². The van der Waals surface area contributed by atoms with Crippen molar-refractivity contribution in [2.75, 3.05) is 6.61 Å². The molecule has 0 fully saturated rings. The maximum absolute atomic E-state index is 9.05. The zero-order valence-corrected chi connectivity index (χ0v) is 5.34. The molecule has 1 aliphatic rings. The summed E-state index contributed by atoms with van der Waals surface area (Å²) in [6.07, 6.45) is -0.0318. The van der Waals surface area contributed by atoms with Gasteiger partial charge in [-0.05, 0) is 6.08 Å². The van der Waals surface area contributed by atoms with Crippen LogP contribution in [0.1, 0.15) is 0 Å². The lowest BCUT2D eigenvalue weighted by Crippen LogP contribution is -2.42. The molecule has 4 heteroatoms. The van der Waals surface area contributed by atoms with E-state index in [9.17, 15) is 0 Å². The average Bonchev–Trinajstić information content (AvgIpc) is 1.95. The van der Waals surface area contributed by atoms with Crippen LogP contribution in [0.15, 0.2) is 12.3 Å². The SMILES string of the molecule is OC[C@@H]1OC=C[C@H](O)[C@H]1O. The molecule has 1 aliphatic heterocycles. The van der Waals surface area contributed by atoms with Gasteiger partial charge in [-0.15, -0.1) is 0 Å². The monoisotopic (exact) mass is 146 g/mol. The Bertz CT molecular complexity index is 134. The van der Waals surface area contributed by atoms with E-state index in [1.54, 1.807) is 0 Å². The lowest BCUT2D eigenvalue weighted by Gasteiger charge is -2.26. The Morgan fingerprint density at radius 2 is 2.10 bits per heavy atom. The second-order valence-electron chi connectivity index (χ2n) is 2.17. The average molecular weight is 146 g/mol. The fourth-order valence-corrected chi connectivity index (χ4v) is 0.792. The normalized spacial score (nSPS) is 39.3. The first-order valence-corrected chi connectivity index (χ1v) is 3.05. The first kappa shape index (κ1) is 7.53. The number of hydrogen-bond donors (Lipinski definition) is 3. The highest BCUT2D eigenvalue weighted by Gasteiger charge is 2.27. The Balaban J connectivity index is 2.56. The zero-order valence-electron chi connectivity index (χ0n) is 5.34. The maximum atomic E-state index is 9.05. The molecule has 3 N–H and O–H groups in total. The first-order valence-electron chi connectivity index (χ1n) is 3.05. The van der Waals surface area contributed by atoms with Gasteiger partial charge in [0.05, 0.1) is 12.9 Å². The van der Waals surface area contributed by atoms with Gasteiger partial charge in [0.1, 0.15) is 18.3 Å². The van der Waals surface area contributed by atoms with Gasteiger partial charge in [-0.2, -0.15) is 0 Å². The molecule has 0 aliphatic carbocycles. The van der Waals surface area contributed by atoms with E-state index < -0.39 is 18.3 Å². The van der Waals surface area contributed by atoms with Crippen molar-refractivity contribution in [3.05, 3.63) is 12.3 Å². The van der Waals surface area contributed by atoms with Crippen molar-refractivity contribution in [1.82, 2.24) is 0 Å². The van der Waals surface area contributed by atoms with Crippen molar-refractivity contribution < 1.29 is 20.1 Å². The molecule has 0 bridgehead atoms. The minimum atomic E-state index is -1.02. The van der Waals surface area contributed by atoms with Crippen LogP contribution in [0.3, 0.4) is 0 Å². The second kappa shape index (κ2) is 3.01. The summed E-state index contributed by atoms with van der Waals surface area (Å²) in [7, 11) is 0. The van der Waals surface area contributed by atoms with Crippen LogP contribution >= 0.6 is 0 Å². The van der Waals surface area contributed by atoms with Crippen LogP contribution in [0.25, 0.3) is 0 Å². The van der Waals surface area contributed by atoms with Gasteiger partial charge in [0.15, 0.2) is 0 Å². The largest absolute Gasteiger partial charge is 0.493 e. The predicted octanol–water partition coefficient (Wildman–Crippen LogP) is -1.39. The van der Waals surface area contributed by atoms with Crippen LogP contribution in [0.4, 0.5) is 0 Å². The number of aliphatic hydroxyl groups is 3. The van der Waals surface area contributed by atoms with Crippen LogP contribution in [0, 0.1) is 0 Å². The number of rotatable bonds is 1. The summed E-state index contributed by atoms with van der Waals surface area (Å²) < 4.78 is 4.77. The molecule has 0 saturated heterocycles. The third-order valence-corrected chi connectivity index (χ3v) is 1.44. The quantitative estimate of drug-likeness (QED) is 0.426. The van der Waals surface area contributed by atoms with Gasteiger partial charge in [-0.25, -0.2) is 0 Å². The molecule has 1 heterocycles. The topological polar surface area (TPSA) is 69.9 Å². The van der Waals surface area contributed by atoms with E-state index in [2.05, 4.69) is 0 Å². The van der Waals surface area contributed by atoms with Gasteiger partial charge < -0.3 is 20.1 Å². The summed E-state index contributed by atoms with van der Waals surface area (Å²) in [5.74, 6) is 0. The summed E-state index contributed by atoms with van der Waals surface area (Å²) >= 11 is 0. The summed E-state index contributed by atoms with van der Waals surface area (Å²) in [5, 5.41) is 26.6. The van der Waals surface area contributed by atoms with Gasteiger partial charge in [-0.3, -0.25) is 0 Å². The molecule has 3 atom stereocenters. The van der Waals surface area contributed by atoms with Crippen molar-refractivity contribution in [1.29, 1.82) is 0 Å². The fraction of sp³-hybridized carbons (Fsp3) is 0.667. The Kier molecular flexibility index (Phi) is 2.26. The molecule has 0 aromatic carbocycles. The third-order valence-electron chi connectivity index (χ3n) is 1.44. The van der Waals surface area contributed by atoms with Gasteiger partial charge in [-0.1, -0.05) is 0 Å². The molecular weight excluding hydrogens is 136 g/mol. The molecule has 0 saturated carbocycles. The molecule has 4 nitrogen and oxygen atoms in total. The zero-order chi connectivity index (χ0) is 7.56. The molecule has 0 spiro atoms. The van der Waals surface area contributed by atoms with E-state index in [-0.39, 0.29) is 6.61 Å². The molecular formula is C6H10O4. The van der Waals surface area contributed by atoms with Crippen molar-refractivity contribution in [2.24, 2.45) is 0 Å². The van der Waals surface area contributed by atoms with Gasteiger partial charge >= 0.3 is 0 Å². The summed E-state index contributed by atoms with van der Waals surface area (Å²) in [5.41, 5.74) is 0. The van der Waals surface area contributed by atoms with Crippen LogP contribution in [-0.2, 0) is 4.74 Å². The molecule has 1 rings (SSSR count). The number of ether oxygens (including phenoxy) is 1. The van der Waals surface area contributed by atoms with Crippen LogP contribution in [0.5, 0.6) is 0 Å². The third kappa shape index (κ3) is 1.29. The van der Waals surface area contributed by atoms with E-state index in [0.29, 0.717) is 0 Å².